The second-order valence-electron chi connectivity index (χ2n) is 9.00. The van der Waals surface area contributed by atoms with Crippen molar-refractivity contribution in [3.8, 4) is 11.4 Å². The van der Waals surface area contributed by atoms with E-state index < -0.39 is 10.0 Å². The van der Waals surface area contributed by atoms with Crippen molar-refractivity contribution in [1.82, 2.24) is 24.4 Å². The van der Waals surface area contributed by atoms with Gasteiger partial charge in [-0.2, -0.15) is 4.31 Å². The molecule has 0 radical (unpaired) electrons. The molecule has 0 bridgehead atoms. The number of thioether (sulfide) groups is 1. The highest BCUT2D eigenvalue weighted by Crippen LogP contribution is 2.27. The second-order valence-corrected chi connectivity index (χ2v) is 12.3. The van der Waals surface area contributed by atoms with Crippen molar-refractivity contribution in [1.29, 1.82) is 0 Å². The first-order chi connectivity index (χ1) is 19.3. The number of benzene rings is 3. The van der Waals surface area contributed by atoms with Gasteiger partial charge in [0.05, 0.1) is 10.6 Å². The zero-order valence-corrected chi connectivity index (χ0v) is 24.8. The molecule has 0 fully saturated rings. The summed E-state index contributed by atoms with van der Waals surface area (Å²) in [5.74, 6) is 0.580. The lowest BCUT2D eigenvalue weighted by molar-refractivity contribution is -0.118. The minimum Gasteiger partial charge on any atom is -0.351 e. The number of aromatic nitrogens is 3. The largest absolute Gasteiger partial charge is 0.351 e. The van der Waals surface area contributed by atoms with Gasteiger partial charge < -0.3 is 9.88 Å². The molecule has 0 spiro atoms. The first-order valence-electron chi connectivity index (χ1n) is 13.0. The number of halogens is 1. The molecule has 3 aromatic carbocycles. The summed E-state index contributed by atoms with van der Waals surface area (Å²) in [6.07, 6.45) is 0.722. The number of hydrogen-bond acceptors (Lipinski definition) is 6. The fraction of sp³-hybridized carbons (Fsp3) is 0.276. The summed E-state index contributed by atoms with van der Waals surface area (Å²) in [6.45, 7) is 5.37. The average Bonchev–Trinajstić information content (AvgIpc) is 3.38. The number of aryl methyl sites for hydroxylation is 1. The molecular formula is C29H32ClN5O3S2. The Labute approximate surface area is 244 Å². The van der Waals surface area contributed by atoms with Crippen LogP contribution in [-0.2, 0) is 34.3 Å². The van der Waals surface area contributed by atoms with Crippen molar-refractivity contribution in [2.24, 2.45) is 0 Å². The van der Waals surface area contributed by atoms with Crippen LogP contribution in [0.15, 0.2) is 88.9 Å². The number of rotatable bonds is 13. The van der Waals surface area contributed by atoms with Crippen molar-refractivity contribution >= 4 is 39.3 Å². The maximum Gasteiger partial charge on any atom is 0.243 e. The van der Waals surface area contributed by atoms with E-state index in [0.29, 0.717) is 47.7 Å². The van der Waals surface area contributed by atoms with Gasteiger partial charge in [0.15, 0.2) is 11.0 Å². The van der Waals surface area contributed by atoms with E-state index in [1.165, 1.54) is 16.1 Å². The highest BCUT2D eigenvalue weighted by atomic mass is 35.5. The van der Waals surface area contributed by atoms with Gasteiger partial charge in [-0.15, -0.1) is 10.2 Å². The number of nitrogens with zero attached hydrogens (tertiary/aromatic N) is 4. The summed E-state index contributed by atoms with van der Waals surface area (Å²) in [5.41, 5.74) is 2.75. The molecule has 0 saturated heterocycles. The van der Waals surface area contributed by atoms with Crippen molar-refractivity contribution in [3.63, 3.8) is 0 Å². The first kappa shape index (κ1) is 29.8. The van der Waals surface area contributed by atoms with E-state index >= 15 is 0 Å². The fourth-order valence-corrected chi connectivity index (χ4v) is 6.61. The van der Waals surface area contributed by atoms with Gasteiger partial charge in [-0.25, -0.2) is 8.42 Å². The minimum absolute atomic E-state index is 0.133. The zero-order chi connectivity index (χ0) is 28.5. The quantitative estimate of drug-likeness (QED) is 0.211. The zero-order valence-electron chi connectivity index (χ0n) is 22.5. The van der Waals surface area contributed by atoms with E-state index in [0.717, 1.165) is 17.5 Å². The Kier molecular flexibility index (Phi) is 10.4. The highest BCUT2D eigenvalue weighted by Gasteiger charge is 2.23. The fourth-order valence-electron chi connectivity index (χ4n) is 4.19. The number of carbonyl (C=O) groups is 1. The molecule has 4 aromatic rings. The van der Waals surface area contributed by atoms with Gasteiger partial charge in [-0.05, 0) is 41.8 Å². The summed E-state index contributed by atoms with van der Waals surface area (Å²) in [5, 5.41) is 13.0. The number of carbonyl (C=O) groups excluding carboxylic acids is 1. The maximum absolute atomic E-state index is 13.2. The van der Waals surface area contributed by atoms with E-state index in [2.05, 4.69) is 27.6 Å². The summed E-state index contributed by atoms with van der Waals surface area (Å²) < 4.78 is 29.7. The lowest BCUT2D eigenvalue weighted by atomic mass is 10.1. The predicted octanol–water partition coefficient (Wildman–Crippen LogP) is 5.28. The van der Waals surface area contributed by atoms with Crippen LogP contribution in [0.2, 0.25) is 5.02 Å². The third-order valence-electron chi connectivity index (χ3n) is 6.35. The number of hydrogen-bond donors (Lipinski definition) is 1. The number of sulfonamides is 1. The molecule has 0 aliphatic carbocycles. The summed E-state index contributed by atoms with van der Waals surface area (Å²) in [4.78, 5) is 12.8. The lowest BCUT2D eigenvalue weighted by Gasteiger charge is -2.19. The van der Waals surface area contributed by atoms with E-state index in [4.69, 9.17) is 11.6 Å². The average molecular weight is 598 g/mol. The van der Waals surface area contributed by atoms with Crippen LogP contribution in [-0.4, -0.2) is 52.2 Å². The molecule has 40 heavy (non-hydrogen) atoms. The van der Waals surface area contributed by atoms with Gasteiger partial charge in [0, 0.05) is 36.8 Å². The van der Waals surface area contributed by atoms with Crippen LogP contribution in [0.5, 0.6) is 0 Å². The van der Waals surface area contributed by atoms with Gasteiger partial charge >= 0.3 is 0 Å². The third kappa shape index (κ3) is 7.51. The topological polar surface area (TPSA) is 97.2 Å². The van der Waals surface area contributed by atoms with Crippen LogP contribution in [0.3, 0.4) is 0 Å². The van der Waals surface area contributed by atoms with E-state index in [9.17, 15) is 13.2 Å². The molecule has 0 unspecified atom stereocenters. The SMILES string of the molecule is CCN(CC)S(=O)(=O)c1cccc(-c2nnc(SCC(=O)NCc3ccc(Cl)cc3)n2CCc2ccccc2)c1. The van der Waals surface area contributed by atoms with Crippen molar-refractivity contribution < 1.29 is 13.2 Å². The van der Waals surface area contributed by atoms with E-state index in [1.807, 2.05) is 54.8 Å². The Balaban J connectivity index is 1.56. The molecular weight excluding hydrogens is 566 g/mol. The van der Waals surface area contributed by atoms with Crippen molar-refractivity contribution in [3.05, 3.63) is 95.0 Å². The number of amides is 1. The van der Waals surface area contributed by atoms with E-state index in [-0.39, 0.29) is 16.6 Å². The van der Waals surface area contributed by atoms with Crippen LogP contribution in [0.1, 0.15) is 25.0 Å². The monoisotopic (exact) mass is 597 g/mol. The molecule has 1 aromatic heterocycles. The Morgan fingerprint density at radius 2 is 1.68 bits per heavy atom. The summed E-state index contributed by atoms with van der Waals surface area (Å²) in [7, 11) is -3.64. The van der Waals surface area contributed by atoms with Gasteiger partial charge in [0.2, 0.25) is 15.9 Å². The molecule has 8 nitrogen and oxygen atoms in total. The molecule has 0 atom stereocenters. The number of nitrogens with one attached hydrogen (secondary N) is 1. The highest BCUT2D eigenvalue weighted by molar-refractivity contribution is 7.99. The normalized spacial score (nSPS) is 11.6. The van der Waals surface area contributed by atoms with E-state index in [1.54, 1.807) is 30.3 Å². The standard InChI is InChI=1S/C29H32ClN5O3S2/c1-3-34(4-2)40(37,38)26-12-8-11-24(19-26)28-32-33-29(35(28)18-17-22-9-6-5-7-10-22)39-21-27(36)31-20-23-13-15-25(30)16-14-23/h5-16,19H,3-4,17-18,20-21H2,1-2H3,(H,31,36). The smallest absolute Gasteiger partial charge is 0.243 e. The molecule has 4 rings (SSSR count). The van der Waals surface area contributed by atoms with Crippen LogP contribution in [0.4, 0.5) is 0 Å². The molecule has 1 N–H and O–H groups in total. The Morgan fingerprint density at radius 3 is 2.38 bits per heavy atom. The molecule has 1 heterocycles. The first-order valence-corrected chi connectivity index (χ1v) is 15.8. The summed E-state index contributed by atoms with van der Waals surface area (Å²) in [6, 6.07) is 24.2. The lowest BCUT2D eigenvalue weighted by Crippen LogP contribution is -2.30. The molecule has 1 amide bonds. The maximum atomic E-state index is 13.2. The molecule has 210 valence electrons. The van der Waals surface area contributed by atoms with Gasteiger partial charge in [0.25, 0.3) is 0 Å². The Morgan fingerprint density at radius 1 is 0.950 bits per heavy atom. The second kappa shape index (κ2) is 13.9. The minimum atomic E-state index is -3.64. The van der Waals surface area contributed by atoms with Crippen LogP contribution >= 0.6 is 23.4 Å². The molecule has 0 saturated carbocycles. The Bertz CT molecular complexity index is 1520. The van der Waals surface area contributed by atoms with Crippen LogP contribution < -0.4 is 5.32 Å². The summed E-state index contributed by atoms with van der Waals surface area (Å²) >= 11 is 7.23. The van der Waals surface area contributed by atoms with Crippen molar-refractivity contribution in [2.45, 2.75) is 43.4 Å². The predicted molar refractivity (Wildman–Crippen MR) is 160 cm³/mol. The third-order valence-corrected chi connectivity index (χ3v) is 9.62. The van der Waals surface area contributed by atoms with Crippen molar-refractivity contribution in [2.75, 3.05) is 18.8 Å². The molecule has 11 heteroatoms. The van der Waals surface area contributed by atoms with Gasteiger partial charge in [-0.1, -0.05) is 91.8 Å². The molecule has 0 aliphatic rings. The van der Waals surface area contributed by atoms with Gasteiger partial charge in [0.1, 0.15) is 0 Å². The van der Waals surface area contributed by atoms with Crippen LogP contribution in [0.25, 0.3) is 11.4 Å². The Hall–Kier alpha value is -3.18. The van der Waals surface area contributed by atoms with Gasteiger partial charge in [-0.3, -0.25) is 4.79 Å². The van der Waals surface area contributed by atoms with Crippen LogP contribution in [0, 0.1) is 0 Å². The molecule has 0 aliphatic heterocycles.